The summed E-state index contributed by atoms with van der Waals surface area (Å²) in [7, 11) is 0. The monoisotopic (exact) mass is 166 g/mol. The van der Waals surface area contributed by atoms with Crippen LogP contribution >= 0.6 is 0 Å². The van der Waals surface area contributed by atoms with Gasteiger partial charge in [0.25, 0.3) is 0 Å². The number of hydrogen-bond acceptors (Lipinski definition) is 0. The predicted molar refractivity (Wildman–Crippen MR) is 37.2 cm³/mol. The molecular formula is C8H13F3. The third-order valence-electron chi connectivity index (χ3n) is 2.31. The third kappa shape index (κ3) is 3.12. The summed E-state index contributed by atoms with van der Waals surface area (Å²) in [5.41, 5.74) is 0. The average Bonchev–Trinajstić information content (AvgIpc) is 1.75. The summed E-state index contributed by atoms with van der Waals surface area (Å²) in [6, 6.07) is 0. The SMILES string of the molecule is CC1CC(CCC(F)(F)F)C1. The largest absolute Gasteiger partial charge is 0.389 e. The van der Waals surface area contributed by atoms with Crippen LogP contribution in [0.3, 0.4) is 0 Å². The third-order valence-corrected chi connectivity index (χ3v) is 2.31. The Hall–Kier alpha value is -0.210. The molecule has 1 saturated carbocycles. The molecule has 0 heterocycles. The molecule has 0 spiro atoms. The molecule has 3 heteroatoms. The summed E-state index contributed by atoms with van der Waals surface area (Å²) in [6.07, 6.45) is -2.21. The maximum Gasteiger partial charge on any atom is 0.389 e. The summed E-state index contributed by atoms with van der Waals surface area (Å²) in [6.45, 7) is 2.09. The average molecular weight is 166 g/mol. The standard InChI is InChI=1S/C8H13F3/c1-6-4-7(5-6)2-3-8(9,10)11/h6-7H,2-5H2,1H3. The molecule has 0 aliphatic heterocycles. The molecule has 1 aliphatic carbocycles. The first-order valence-corrected chi connectivity index (χ1v) is 4.04. The van der Waals surface area contributed by atoms with E-state index in [0.717, 1.165) is 12.8 Å². The summed E-state index contributed by atoms with van der Waals surface area (Å²) >= 11 is 0. The van der Waals surface area contributed by atoms with Crippen molar-refractivity contribution in [1.29, 1.82) is 0 Å². The van der Waals surface area contributed by atoms with Gasteiger partial charge in [0.2, 0.25) is 0 Å². The number of hydrogen-bond donors (Lipinski definition) is 0. The van der Waals surface area contributed by atoms with Crippen molar-refractivity contribution in [2.45, 2.75) is 38.8 Å². The Labute approximate surface area is 64.8 Å². The highest BCUT2D eigenvalue weighted by atomic mass is 19.4. The van der Waals surface area contributed by atoms with Gasteiger partial charge in [-0.2, -0.15) is 13.2 Å². The van der Waals surface area contributed by atoms with E-state index in [1.165, 1.54) is 0 Å². The van der Waals surface area contributed by atoms with Gasteiger partial charge in [-0.1, -0.05) is 6.92 Å². The van der Waals surface area contributed by atoms with Gasteiger partial charge < -0.3 is 0 Å². The van der Waals surface area contributed by atoms with E-state index in [2.05, 4.69) is 6.92 Å². The van der Waals surface area contributed by atoms with Crippen LogP contribution in [0, 0.1) is 11.8 Å². The fourth-order valence-corrected chi connectivity index (χ4v) is 1.67. The number of rotatable bonds is 2. The van der Waals surface area contributed by atoms with Crippen molar-refractivity contribution < 1.29 is 13.2 Å². The molecule has 0 N–H and O–H groups in total. The van der Waals surface area contributed by atoms with Crippen molar-refractivity contribution in [2.75, 3.05) is 0 Å². The maximum atomic E-state index is 11.7. The summed E-state index contributed by atoms with van der Waals surface area (Å²) < 4.78 is 35.0. The van der Waals surface area contributed by atoms with E-state index in [-0.39, 0.29) is 0 Å². The summed E-state index contributed by atoms with van der Waals surface area (Å²) in [4.78, 5) is 0. The molecule has 0 aromatic carbocycles. The highest BCUT2D eigenvalue weighted by Gasteiger charge is 2.32. The minimum absolute atomic E-state index is 0.341. The van der Waals surface area contributed by atoms with E-state index in [4.69, 9.17) is 0 Å². The lowest BCUT2D eigenvalue weighted by Gasteiger charge is -2.32. The number of halogens is 3. The minimum Gasteiger partial charge on any atom is -0.171 e. The van der Waals surface area contributed by atoms with Gasteiger partial charge in [0, 0.05) is 6.42 Å². The van der Waals surface area contributed by atoms with Gasteiger partial charge in [-0.15, -0.1) is 0 Å². The molecule has 1 aliphatic rings. The van der Waals surface area contributed by atoms with Crippen molar-refractivity contribution in [3.05, 3.63) is 0 Å². The van der Waals surface area contributed by atoms with Crippen LogP contribution in [-0.4, -0.2) is 6.18 Å². The quantitative estimate of drug-likeness (QED) is 0.590. The first-order chi connectivity index (χ1) is 4.97. The molecule has 0 unspecified atom stereocenters. The molecule has 0 radical (unpaired) electrons. The molecule has 1 rings (SSSR count). The molecule has 0 aromatic heterocycles. The van der Waals surface area contributed by atoms with Crippen LogP contribution < -0.4 is 0 Å². The molecule has 0 nitrogen and oxygen atoms in total. The Kier molecular flexibility index (Phi) is 2.45. The van der Waals surface area contributed by atoms with Crippen molar-refractivity contribution in [1.82, 2.24) is 0 Å². The van der Waals surface area contributed by atoms with E-state index in [1.54, 1.807) is 0 Å². The second-order valence-electron chi connectivity index (χ2n) is 3.60. The molecule has 0 saturated heterocycles. The van der Waals surface area contributed by atoms with Crippen LogP contribution in [0.4, 0.5) is 13.2 Å². The van der Waals surface area contributed by atoms with Crippen molar-refractivity contribution >= 4 is 0 Å². The fraction of sp³-hybridized carbons (Fsp3) is 1.00. The lowest BCUT2D eigenvalue weighted by molar-refractivity contribution is -0.139. The van der Waals surface area contributed by atoms with Gasteiger partial charge in [0.05, 0.1) is 0 Å². The molecule has 0 amide bonds. The van der Waals surface area contributed by atoms with Crippen LogP contribution in [0.1, 0.15) is 32.6 Å². The van der Waals surface area contributed by atoms with Gasteiger partial charge in [-0.05, 0) is 31.1 Å². The lowest BCUT2D eigenvalue weighted by atomic mass is 9.74. The van der Waals surface area contributed by atoms with Crippen LogP contribution in [0.25, 0.3) is 0 Å². The first kappa shape index (κ1) is 8.88. The van der Waals surface area contributed by atoms with Gasteiger partial charge in [-0.3, -0.25) is 0 Å². The van der Waals surface area contributed by atoms with Crippen LogP contribution in [0.5, 0.6) is 0 Å². The molecular weight excluding hydrogens is 153 g/mol. The van der Waals surface area contributed by atoms with E-state index in [9.17, 15) is 13.2 Å². The Morgan fingerprint density at radius 3 is 2.18 bits per heavy atom. The van der Waals surface area contributed by atoms with Crippen LogP contribution in [0.2, 0.25) is 0 Å². The zero-order valence-electron chi connectivity index (χ0n) is 6.62. The molecule has 11 heavy (non-hydrogen) atoms. The minimum atomic E-state index is -3.95. The molecule has 1 fully saturated rings. The summed E-state index contributed by atoms with van der Waals surface area (Å²) in [5, 5.41) is 0. The second-order valence-corrected chi connectivity index (χ2v) is 3.60. The van der Waals surface area contributed by atoms with Gasteiger partial charge >= 0.3 is 6.18 Å². The van der Waals surface area contributed by atoms with Crippen molar-refractivity contribution in [2.24, 2.45) is 11.8 Å². The van der Waals surface area contributed by atoms with E-state index in [1.807, 2.05) is 0 Å². The summed E-state index contributed by atoms with van der Waals surface area (Å²) in [5.74, 6) is 1.01. The van der Waals surface area contributed by atoms with E-state index < -0.39 is 12.6 Å². The molecule has 0 atom stereocenters. The normalized spacial score (nSPS) is 31.6. The topological polar surface area (TPSA) is 0 Å². The lowest BCUT2D eigenvalue weighted by Crippen LogP contribution is -2.22. The first-order valence-electron chi connectivity index (χ1n) is 4.04. The highest BCUT2D eigenvalue weighted by Crippen LogP contribution is 2.38. The van der Waals surface area contributed by atoms with Crippen LogP contribution in [-0.2, 0) is 0 Å². The Bertz CT molecular complexity index is 122. The number of alkyl halides is 3. The second kappa shape index (κ2) is 3.03. The fourth-order valence-electron chi connectivity index (χ4n) is 1.67. The Balaban J connectivity index is 2.05. The molecule has 66 valence electrons. The van der Waals surface area contributed by atoms with Gasteiger partial charge in [0.1, 0.15) is 0 Å². The zero-order chi connectivity index (χ0) is 8.48. The van der Waals surface area contributed by atoms with Crippen molar-refractivity contribution in [3.63, 3.8) is 0 Å². The van der Waals surface area contributed by atoms with Gasteiger partial charge in [0.15, 0.2) is 0 Å². The Morgan fingerprint density at radius 2 is 1.82 bits per heavy atom. The predicted octanol–water partition coefficient (Wildman–Crippen LogP) is 3.38. The van der Waals surface area contributed by atoms with E-state index >= 15 is 0 Å². The maximum absolute atomic E-state index is 11.7. The molecule has 0 aromatic rings. The zero-order valence-corrected chi connectivity index (χ0v) is 6.62. The van der Waals surface area contributed by atoms with E-state index in [0.29, 0.717) is 18.3 Å². The smallest absolute Gasteiger partial charge is 0.171 e. The van der Waals surface area contributed by atoms with Crippen molar-refractivity contribution in [3.8, 4) is 0 Å². The van der Waals surface area contributed by atoms with Crippen LogP contribution in [0.15, 0.2) is 0 Å². The Morgan fingerprint density at radius 1 is 1.27 bits per heavy atom. The highest BCUT2D eigenvalue weighted by molar-refractivity contribution is 4.76. The molecule has 0 bridgehead atoms. The van der Waals surface area contributed by atoms with Gasteiger partial charge in [-0.25, -0.2) is 0 Å².